The highest BCUT2D eigenvalue weighted by molar-refractivity contribution is 6.47. The summed E-state index contributed by atoms with van der Waals surface area (Å²) >= 11 is 0. The number of morpholine rings is 1. The fourth-order valence-electron chi connectivity index (χ4n) is 3.75. The third-order valence-corrected chi connectivity index (χ3v) is 5.56. The van der Waals surface area contributed by atoms with Crippen molar-refractivity contribution >= 4 is 23.1 Å². The van der Waals surface area contributed by atoms with Gasteiger partial charge < -0.3 is 19.5 Å². The molecule has 7 heteroatoms. The topological polar surface area (TPSA) is 63.6 Å². The number of ether oxygens (including phenoxy) is 1. The highest BCUT2D eigenvalue weighted by Gasteiger charge is 2.26. The lowest BCUT2D eigenvalue weighted by atomic mass is 10.0. The minimum atomic E-state index is -0.878. The molecule has 1 aliphatic heterocycles. The lowest BCUT2D eigenvalue weighted by molar-refractivity contribution is -0.112. The fraction of sp³-hybridized carbons (Fsp3) is 0.250. The lowest BCUT2D eigenvalue weighted by Gasteiger charge is -2.29. The van der Waals surface area contributed by atoms with Crippen LogP contribution in [0.2, 0.25) is 0 Å². The number of carbonyl (C=O) groups is 2. The molecular weight excluding hydrogens is 397 g/mol. The first-order valence-corrected chi connectivity index (χ1v) is 10.2. The van der Waals surface area contributed by atoms with Gasteiger partial charge in [0.1, 0.15) is 11.5 Å². The van der Waals surface area contributed by atoms with Crippen LogP contribution in [0.3, 0.4) is 0 Å². The van der Waals surface area contributed by atoms with Crippen LogP contribution >= 0.6 is 0 Å². The van der Waals surface area contributed by atoms with Gasteiger partial charge in [0.05, 0.1) is 18.9 Å². The predicted octanol–water partition coefficient (Wildman–Crippen LogP) is 3.80. The summed E-state index contributed by atoms with van der Waals surface area (Å²) in [4.78, 5) is 27.8. The Morgan fingerprint density at radius 1 is 1.03 bits per heavy atom. The molecule has 1 fully saturated rings. The maximum atomic E-state index is 14.7. The number of carbonyl (C=O) groups excluding carboxylic acids is 2. The Kier molecular flexibility index (Phi) is 5.86. The van der Waals surface area contributed by atoms with Gasteiger partial charge in [-0.15, -0.1) is 0 Å². The molecule has 0 radical (unpaired) electrons. The number of rotatable bonds is 5. The van der Waals surface area contributed by atoms with E-state index in [-0.39, 0.29) is 11.4 Å². The minimum absolute atomic E-state index is 0.0254. The van der Waals surface area contributed by atoms with Gasteiger partial charge in [0.2, 0.25) is 0 Å². The highest BCUT2D eigenvalue weighted by atomic mass is 19.1. The van der Waals surface area contributed by atoms with Crippen LogP contribution in [0.1, 0.15) is 16.2 Å². The number of amides is 1. The monoisotopic (exact) mass is 421 g/mol. The molecule has 2 aromatic carbocycles. The maximum absolute atomic E-state index is 14.7. The van der Waals surface area contributed by atoms with E-state index in [2.05, 4.69) is 5.32 Å². The van der Waals surface area contributed by atoms with Crippen molar-refractivity contribution in [2.45, 2.75) is 6.92 Å². The third kappa shape index (κ3) is 4.22. The second kappa shape index (κ2) is 8.73. The number of aryl methyl sites for hydroxylation is 1. The second-order valence-electron chi connectivity index (χ2n) is 7.52. The molecule has 0 aliphatic carbocycles. The molecule has 2 heterocycles. The summed E-state index contributed by atoms with van der Waals surface area (Å²) in [7, 11) is 1.74. The Bertz CT molecular complexity index is 1120. The Labute approximate surface area is 180 Å². The molecule has 6 nitrogen and oxygen atoms in total. The van der Waals surface area contributed by atoms with E-state index in [1.54, 1.807) is 17.7 Å². The van der Waals surface area contributed by atoms with Crippen LogP contribution in [0.25, 0.3) is 11.1 Å². The number of aromatic nitrogens is 1. The number of hydrogen-bond donors (Lipinski definition) is 1. The molecular formula is C24H24FN3O3. The Hall–Kier alpha value is -3.45. The minimum Gasteiger partial charge on any atom is -0.378 e. The van der Waals surface area contributed by atoms with Gasteiger partial charge in [-0.1, -0.05) is 30.3 Å². The van der Waals surface area contributed by atoms with E-state index in [4.69, 9.17) is 4.74 Å². The molecule has 1 amide bonds. The van der Waals surface area contributed by atoms with E-state index < -0.39 is 17.5 Å². The van der Waals surface area contributed by atoms with Gasteiger partial charge >= 0.3 is 0 Å². The number of nitrogens with one attached hydrogen (secondary N) is 1. The normalized spacial score (nSPS) is 13.8. The molecule has 1 aliphatic rings. The Morgan fingerprint density at radius 3 is 2.42 bits per heavy atom. The molecule has 0 atom stereocenters. The summed E-state index contributed by atoms with van der Waals surface area (Å²) in [6.07, 6.45) is 0. The first kappa shape index (κ1) is 20.8. The molecule has 0 unspecified atom stereocenters. The lowest BCUT2D eigenvalue weighted by Crippen LogP contribution is -2.36. The SMILES string of the molecule is Cc1cc(-c2ccccc2)c(C(=O)C(=O)Nc2ccc(N3CCOCC3)cc2F)n1C. The predicted molar refractivity (Wildman–Crippen MR) is 118 cm³/mol. The summed E-state index contributed by atoms with van der Waals surface area (Å²) in [6, 6.07) is 15.9. The van der Waals surface area contributed by atoms with Crippen molar-refractivity contribution in [3.8, 4) is 11.1 Å². The largest absolute Gasteiger partial charge is 0.378 e. The molecule has 0 spiro atoms. The average molecular weight is 421 g/mol. The van der Waals surface area contributed by atoms with Crippen molar-refractivity contribution in [2.75, 3.05) is 36.5 Å². The smallest absolute Gasteiger partial charge is 0.298 e. The zero-order valence-corrected chi connectivity index (χ0v) is 17.5. The molecule has 160 valence electrons. The number of halogens is 1. The summed E-state index contributed by atoms with van der Waals surface area (Å²) in [5.74, 6) is -2.18. The van der Waals surface area contributed by atoms with E-state index in [1.165, 1.54) is 12.1 Å². The number of hydrogen-bond acceptors (Lipinski definition) is 4. The van der Waals surface area contributed by atoms with Crippen LogP contribution in [0.15, 0.2) is 54.6 Å². The van der Waals surface area contributed by atoms with Crippen LogP contribution in [-0.2, 0) is 16.6 Å². The molecule has 1 N–H and O–H groups in total. The number of anilines is 2. The molecule has 0 saturated carbocycles. The zero-order chi connectivity index (χ0) is 22.0. The standard InChI is InChI=1S/C24H24FN3O3/c1-16-14-19(17-6-4-3-5-7-17)22(27(16)2)23(29)24(30)26-21-9-8-18(15-20(21)25)28-10-12-31-13-11-28/h3-9,14-15H,10-13H2,1-2H3,(H,26,30). The molecule has 1 saturated heterocycles. The fourth-order valence-corrected chi connectivity index (χ4v) is 3.75. The van der Waals surface area contributed by atoms with Crippen molar-refractivity contribution in [3.63, 3.8) is 0 Å². The highest BCUT2D eigenvalue weighted by Crippen LogP contribution is 2.28. The number of nitrogens with zero attached hydrogens (tertiary/aromatic N) is 2. The van der Waals surface area contributed by atoms with Crippen LogP contribution in [0, 0.1) is 12.7 Å². The van der Waals surface area contributed by atoms with Gasteiger partial charge in [-0.2, -0.15) is 0 Å². The summed E-state index contributed by atoms with van der Waals surface area (Å²) in [5.41, 5.74) is 3.31. The van der Waals surface area contributed by atoms with E-state index in [0.717, 1.165) is 16.9 Å². The Morgan fingerprint density at radius 2 is 1.74 bits per heavy atom. The van der Waals surface area contributed by atoms with Gasteiger partial charge in [-0.3, -0.25) is 9.59 Å². The third-order valence-electron chi connectivity index (χ3n) is 5.56. The molecule has 1 aromatic heterocycles. The van der Waals surface area contributed by atoms with Crippen molar-refractivity contribution < 1.29 is 18.7 Å². The molecule has 31 heavy (non-hydrogen) atoms. The van der Waals surface area contributed by atoms with Crippen molar-refractivity contribution in [3.05, 3.63) is 71.8 Å². The van der Waals surface area contributed by atoms with Crippen LogP contribution < -0.4 is 10.2 Å². The summed E-state index contributed by atoms with van der Waals surface area (Å²) in [5, 5.41) is 2.43. The summed E-state index contributed by atoms with van der Waals surface area (Å²) in [6.45, 7) is 4.41. The average Bonchev–Trinajstić information content (AvgIpc) is 3.10. The first-order chi connectivity index (χ1) is 15.0. The molecule has 3 aromatic rings. The number of ketones is 1. The quantitative estimate of drug-likeness (QED) is 0.503. The van der Waals surface area contributed by atoms with Gasteiger partial charge in [-0.05, 0) is 36.8 Å². The van der Waals surface area contributed by atoms with E-state index in [9.17, 15) is 14.0 Å². The van der Waals surface area contributed by atoms with Crippen LogP contribution in [-0.4, -0.2) is 42.6 Å². The van der Waals surface area contributed by atoms with E-state index in [1.807, 2.05) is 48.2 Å². The zero-order valence-electron chi connectivity index (χ0n) is 17.5. The van der Waals surface area contributed by atoms with Crippen LogP contribution in [0.4, 0.5) is 15.8 Å². The molecule has 0 bridgehead atoms. The van der Waals surface area contributed by atoms with Gasteiger partial charge in [0.15, 0.2) is 0 Å². The van der Waals surface area contributed by atoms with Gasteiger partial charge in [0, 0.05) is 37.1 Å². The first-order valence-electron chi connectivity index (χ1n) is 10.2. The van der Waals surface area contributed by atoms with Gasteiger partial charge in [0.25, 0.3) is 11.7 Å². The van der Waals surface area contributed by atoms with Crippen LogP contribution in [0.5, 0.6) is 0 Å². The van der Waals surface area contributed by atoms with Gasteiger partial charge in [-0.25, -0.2) is 4.39 Å². The molecule has 4 rings (SSSR count). The second-order valence-corrected chi connectivity index (χ2v) is 7.52. The Balaban J connectivity index is 1.57. The van der Waals surface area contributed by atoms with E-state index >= 15 is 0 Å². The summed E-state index contributed by atoms with van der Waals surface area (Å²) < 4.78 is 21.7. The van der Waals surface area contributed by atoms with Crippen molar-refractivity contribution in [1.82, 2.24) is 4.57 Å². The number of Topliss-reactive ketones (excluding diaryl/α,β-unsaturated/α-hetero) is 1. The number of benzene rings is 2. The maximum Gasteiger partial charge on any atom is 0.298 e. The van der Waals surface area contributed by atoms with E-state index in [0.29, 0.717) is 31.9 Å². The van der Waals surface area contributed by atoms with Crippen molar-refractivity contribution in [1.29, 1.82) is 0 Å². The van der Waals surface area contributed by atoms with Crippen molar-refractivity contribution in [2.24, 2.45) is 7.05 Å².